The monoisotopic (exact) mass is 715 g/mol. The number of benzene rings is 1. The lowest BCUT2D eigenvalue weighted by Crippen LogP contribution is -3.11. The van der Waals surface area contributed by atoms with E-state index in [4.69, 9.17) is 18.9 Å². The summed E-state index contributed by atoms with van der Waals surface area (Å²) >= 11 is 0. The molecule has 0 bridgehead atoms. The van der Waals surface area contributed by atoms with Gasteiger partial charge < -0.3 is 80.4 Å². The molecule has 0 saturated carbocycles. The number of hydrogen-bond acceptors (Lipinski definition) is 16. The zero-order valence-electron chi connectivity index (χ0n) is 26.1. The van der Waals surface area contributed by atoms with Crippen molar-refractivity contribution in [1.82, 2.24) is 5.32 Å². The van der Waals surface area contributed by atoms with Gasteiger partial charge in [0.25, 0.3) is 0 Å². The van der Waals surface area contributed by atoms with Crippen LogP contribution in [0.4, 0.5) is 5.69 Å². The van der Waals surface area contributed by atoms with Gasteiger partial charge in [0.1, 0.15) is 66.7 Å². The third-order valence-electron chi connectivity index (χ3n) is 9.09. The molecule has 0 radical (unpaired) electrons. The molecule has 50 heavy (non-hydrogen) atoms. The van der Waals surface area contributed by atoms with E-state index in [0.717, 1.165) is 0 Å². The topological polar surface area (TPSA) is 327 Å². The van der Waals surface area contributed by atoms with Crippen molar-refractivity contribution in [2.45, 2.75) is 86.3 Å². The molecule has 2 fully saturated rings. The second-order valence-electron chi connectivity index (χ2n) is 12.3. The van der Waals surface area contributed by atoms with Gasteiger partial charge >= 0.3 is 17.9 Å². The van der Waals surface area contributed by atoms with Crippen LogP contribution in [0.3, 0.4) is 0 Å². The van der Waals surface area contributed by atoms with Crippen molar-refractivity contribution in [2.75, 3.05) is 19.8 Å². The third-order valence-corrected chi connectivity index (χ3v) is 9.09. The molecule has 0 spiro atoms. The van der Waals surface area contributed by atoms with Crippen LogP contribution in [-0.4, -0.2) is 167 Å². The molecule has 20 nitrogen and oxygen atoms in total. The molecule has 20 heteroatoms. The summed E-state index contributed by atoms with van der Waals surface area (Å²) in [6, 6.07) is 0.178. The van der Waals surface area contributed by atoms with E-state index in [0.29, 0.717) is 21.7 Å². The lowest BCUT2D eigenvalue weighted by Gasteiger charge is -2.45. The molecular weight excluding hydrogens is 676 g/mol. The highest BCUT2D eigenvalue weighted by Gasteiger charge is 2.52. The molecule has 4 aliphatic rings. The SMILES string of the molecule is O=C(O)C1=CC(=CC[NH+]2c3cc(OC4OC(CO)C(O)C(O)C4OC4OC(CO)C(O)C(O)C4O)c(O)cc3CC2C(=O)O)CC(C(=O)O)N1. The maximum Gasteiger partial charge on any atom is 0.363 e. The molecule has 0 amide bonds. The Hall–Kier alpha value is -3.93. The molecule has 276 valence electrons. The summed E-state index contributed by atoms with van der Waals surface area (Å²) in [5.41, 5.74) is 0.673. The van der Waals surface area contributed by atoms with E-state index in [2.05, 4.69) is 5.32 Å². The maximum absolute atomic E-state index is 12.3. The predicted octanol–water partition coefficient (Wildman–Crippen LogP) is -5.74. The number of aliphatic hydroxyl groups is 7. The minimum absolute atomic E-state index is 0.0488. The van der Waals surface area contributed by atoms with E-state index in [-0.39, 0.29) is 30.8 Å². The molecule has 5 rings (SSSR count). The number of rotatable bonds is 11. The van der Waals surface area contributed by atoms with E-state index in [9.17, 15) is 70.6 Å². The van der Waals surface area contributed by atoms with Crippen LogP contribution in [0.2, 0.25) is 0 Å². The molecule has 1 aromatic carbocycles. The highest BCUT2D eigenvalue weighted by molar-refractivity contribution is 5.89. The summed E-state index contributed by atoms with van der Waals surface area (Å²) in [5, 5.41) is 114. The maximum atomic E-state index is 12.3. The van der Waals surface area contributed by atoms with E-state index < -0.39 is 110 Å². The number of carboxylic acids is 3. The molecule has 13 atom stereocenters. The first-order valence-corrected chi connectivity index (χ1v) is 15.5. The summed E-state index contributed by atoms with van der Waals surface area (Å²) < 4.78 is 22.5. The first kappa shape index (κ1) is 37.3. The zero-order chi connectivity index (χ0) is 36.6. The Morgan fingerprint density at radius 1 is 0.860 bits per heavy atom. The van der Waals surface area contributed by atoms with Crippen LogP contribution in [0.1, 0.15) is 12.0 Å². The Kier molecular flexibility index (Phi) is 11.3. The lowest BCUT2D eigenvalue weighted by molar-refractivity contribution is -0.838. The Morgan fingerprint density at radius 3 is 2.10 bits per heavy atom. The summed E-state index contributed by atoms with van der Waals surface area (Å²) in [5.74, 6) is -4.74. The molecular formula is C30H39N2O18+. The van der Waals surface area contributed by atoms with Gasteiger partial charge in [-0.15, -0.1) is 0 Å². The van der Waals surface area contributed by atoms with Crippen molar-refractivity contribution >= 4 is 23.6 Å². The number of aliphatic carboxylic acids is 3. The van der Waals surface area contributed by atoms with Gasteiger partial charge in [0.15, 0.2) is 29.9 Å². The average molecular weight is 716 g/mol. The molecule has 0 aliphatic carbocycles. The van der Waals surface area contributed by atoms with Crippen molar-refractivity contribution < 1.29 is 94.4 Å². The van der Waals surface area contributed by atoms with Gasteiger partial charge in [-0.2, -0.15) is 0 Å². The van der Waals surface area contributed by atoms with E-state index in [1.165, 1.54) is 24.3 Å². The molecule has 0 aromatic heterocycles. The molecule has 2 saturated heterocycles. The highest BCUT2D eigenvalue weighted by Crippen LogP contribution is 2.37. The first-order valence-electron chi connectivity index (χ1n) is 15.5. The lowest BCUT2D eigenvalue weighted by atomic mass is 9.97. The van der Waals surface area contributed by atoms with Crippen molar-refractivity contribution in [3.63, 3.8) is 0 Å². The van der Waals surface area contributed by atoms with Crippen molar-refractivity contribution in [1.29, 1.82) is 0 Å². The average Bonchev–Trinajstić information content (AvgIpc) is 3.43. The minimum Gasteiger partial charge on any atom is -0.504 e. The van der Waals surface area contributed by atoms with Crippen LogP contribution in [0.25, 0.3) is 0 Å². The van der Waals surface area contributed by atoms with Crippen LogP contribution in [0.5, 0.6) is 11.5 Å². The van der Waals surface area contributed by atoms with Gasteiger partial charge in [0, 0.05) is 24.5 Å². The second-order valence-corrected chi connectivity index (χ2v) is 12.3. The summed E-state index contributed by atoms with van der Waals surface area (Å²) in [4.78, 5) is 35.8. The first-order chi connectivity index (χ1) is 23.6. The summed E-state index contributed by atoms with van der Waals surface area (Å²) in [6.07, 6.45) is -14.8. The highest BCUT2D eigenvalue weighted by atomic mass is 16.8. The van der Waals surface area contributed by atoms with E-state index >= 15 is 0 Å². The largest absolute Gasteiger partial charge is 0.504 e. The Labute approximate surface area is 282 Å². The number of phenols is 1. The number of hydrogen-bond donors (Lipinski definition) is 13. The van der Waals surface area contributed by atoms with Crippen molar-refractivity contribution in [3.8, 4) is 11.5 Å². The number of aromatic hydroxyl groups is 1. The smallest absolute Gasteiger partial charge is 0.363 e. The van der Waals surface area contributed by atoms with Gasteiger partial charge in [0.05, 0.1) is 13.2 Å². The number of ether oxygens (including phenoxy) is 4. The normalized spacial score (nSPS) is 37.8. The number of nitrogens with one attached hydrogen (secondary N) is 2. The van der Waals surface area contributed by atoms with Gasteiger partial charge in [-0.05, 0) is 23.8 Å². The van der Waals surface area contributed by atoms with Crippen molar-refractivity contribution in [3.05, 3.63) is 41.1 Å². The van der Waals surface area contributed by atoms with Crippen LogP contribution < -0.4 is 15.0 Å². The number of quaternary nitrogens is 1. The number of aliphatic hydroxyl groups excluding tert-OH is 7. The second kappa shape index (κ2) is 15.1. The number of carboxylic acid groups (broad SMARTS) is 3. The van der Waals surface area contributed by atoms with Crippen LogP contribution >= 0.6 is 0 Å². The minimum atomic E-state index is -1.92. The molecule has 4 heterocycles. The number of allylic oxidation sites excluding steroid dienone is 1. The van der Waals surface area contributed by atoms with Crippen LogP contribution in [-0.2, 0) is 35.0 Å². The summed E-state index contributed by atoms with van der Waals surface area (Å²) in [6.45, 7) is -1.68. The zero-order valence-corrected chi connectivity index (χ0v) is 26.1. The number of phenolic OH excluding ortho intramolecular Hbond substituents is 1. The van der Waals surface area contributed by atoms with Gasteiger partial charge in [-0.3, -0.25) is 4.90 Å². The fourth-order valence-electron chi connectivity index (χ4n) is 6.37. The molecule has 1 aromatic rings. The molecule has 13 unspecified atom stereocenters. The van der Waals surface area contributed by atoms with Crippen LogP contribution in [0, 0.1) is 0 Å². The van der Waals surface area contributed by atoms with Gasteiger partial charge in [-0.25, -0.2) is 14.4 Å². The van der Waals surface area contributed by atoms with E-state index in [1.54, 1.807) is 0 Å². The Morgan fingerprint density at radius 2 is 1.50 bits per heavy atom. The summed E-state index contributed by atoms with van der Waals surface area (Å²) in [7, 11) is 0. The fraction of sp³-hybridized carbons (Fsp3) is 0.567. The third kappa shape index (κ3) is 7.41. The number of carbonyl (C=O) groups is 3. The van der Waals surface area contributed by atoms with Gasteiger partial charge in [-0.1, -0.05) is 0 Å². The molecule has 4 aliphatic heterocycles. The Bertz CT molecular complexity index is 1520. The standard InChI is InChI=1S/C30H38N2O18/c33-8-18-20(36)22(38)24(40)29(48-18)50-25-23(39)21(37)19(9-34)49-30(25)47-17-7-14-11(6-16(17)35)5-15(28(45)46)32(14)2-1-10-3-12(26(41)42)31-13(4-10)27(43)44/h1,3,6-7,13,15,18-25,29-31,33-40H,2,4-5,8-9H2,(H,41,42)(H,43,44)(H,45,46)/p+1. The number of fused-ring (bicyclic) bond motifs is 1. The Balaban J connectivity index is 1.44. The predicted molar refractivity (Wildman–Crippen MR) is 159 cm³/mol. The van der Waals surface area contributed by atoms with Crippen molar-refractivity contribution in [2.24, 2.45) is 0 Å². The van der Waals surface area contributed by atoms with Crippen LogP contribution in [0.15, 0.2) is 35.6 Å². The quantitative estimate of drug-likeness (QED) is 0.0949. The van der Waals surface area contributed by atoms with Gasteiger partial charge in [0.2, 0.25) is 6.29 Å². The fourth-order valence-corrected chi connectivity index (χ4v) is 6.37. The molecule has 13 N–H and O–H groups in total. The van der Waals surface area contributed by atoms with E-state index in [1.807, 2.05) is 0 Å².